The molecule has 1 heterocycles. The molecule has 1 unspecified atom stereocenters. The van der Waals surface area contributed by atoms with Gasteiger partial charge in [-0.3, -0.25) is 4.90 Å². The summed E-state index contributed by atoms with van der Waals surface area (Å²) in [5.74, 6) is 0. The van der Waals surface area contributed by atoms with Gasteiger partial charge in [-0.15, -0.1) is 0 Å². The first-order chi connectivity index (χ1) is 11.2. The van der Waals surface area contributed by atoms with E-state index in [1.165, 1.54) is 0 Å². The van der Waals surface area contributed by atoms with E-state index in [1.807, 2.05) is 0 Å². The highest BCUT2D eigenvalue weighted by Crippen LogP contribution is 2.32. The molecule has 0 saturated carbocycles. The van der Waals surface area contributed by atoms with Gasteiger partial charge in [0.1, 0.15) is 0 Å². The summed E-state index contributed by atoms with van der Waals surface area (Å²) in [7, 11) is -8.30. The molecule has 1 saturated heterocycles. The van der Waals surface area contributed by atoms with Crippen LogP contribution < -0.4 is 5.32 Å². The smallest absolute Gasteiger partial charge is 0.416 e. The molecule has 0 aromatic carbocycles. The molecule has 5 nitrogen and oxygen atoms in total. The second-order valence-corrected chi connectivity index (χ2v) is 27.0. The second-order valence-electron chi connectivity index (χ2n) is 9.96. The van der Waals surface area contributed by atoms with Crippen molar-refractivity contribution in [1.29, 1.82) is 0 Å². The third kappa shape index (κ3) is 8.48. The van der Waals surface area contributed by atoms with Gasteiger partial charge >= 0.3 is 8.80 Å². The summed E-state index contributed by atoms with van der Waals surface area (Å²) in [6.45, 7) is 26.8. The van der Waals surface area contributed by atoms with Crippen LogP contribution in [0.2, 0.25) is 58.9 Å². The van der Waals surface area contributed by atoms with Crippen LogP contribution in [0.1, 0.15) is 13.3 Å². The Balaban J connectivity index is 3.35. The number of hydrogen-bond donors (Lipinski definition) is 1. The molecule has 0 aromatic rings. The average molecular weight is 423 g/mol. The summed E-state index contributed by atoms with van der Waals surface area (Å²) in [6, 6.07) is 0. The molecule has 9 heteroatoms. The van der Waals surface area contributed by atoms with Crippen molar-refractivity contribution in [2.75, 3.05) is 26.2 Å². The molecule has 1 aliphatic rings. The molecule has 1 fully saturated rings. The summed E-state index contributed by atoms with van der Waals surface area (Å²) in [6.07, 6.45) is 1.02. The Labute approximate surface area is 160 Å². The fraction of sp³-hybridized carbons (Fsp3) is 1.00. The molecule has 0 amide bonds. The molecule has 25 heavy (non-hydrogen) atoms. The number of hydrogen-bond acceptors (Lipinski definition) is 5. The van der Waals surface area contributed by atoms with Crippen LogP contribution in [0.5, 0.6) is 0 Å². The van der Waals surface area contributed by atoms with E-state index in [1.54, 1.807) is 0 Å². The monoisotopic (exact) mass is 422 g/mol. The molecule has 150 valence electrons. The second kappa shape index (κ2) is 8.78. The Bertz CT molecular complexity index is 372. The van der Waals surface area contributed by atoms with Gasteiger partial charge in [0, 0.05) is 26.2 Å². The Morgan fingerprint density at radius 3 is 1.40 bits per heavy atom. The van der Waals surface area contributed by atoms with Gasteiger partial charge < -0.3 is 17.7 Å². The van der Waals surface area contributed by atoms with Crippen molar-refractivity contribution in [1.82, 2.24) is 10.2 Å². The van der Waals surface area contributed by atoms with E-state index in [0.717, 1.165) is 32.6 Å². The maximum absolute atomic E-state index is 6.92. The van der Waals surface area contributed by atoms with E-state index >= 15 is 0 Å². The van der Waals surface area contributed by atoms with Gasteiger partial charge in [-0.25, -0.2) is 0 Å². The van der Waals surface area contributed by atoms with Crippen molar-refractivity contribution in [3.8, 4) is 0 Å². The van der Waals surface area contributed by atoms with Crippen LogP contribution in [-0.4, -0.2) is 70.5 Å². The van der Waals surface area contributed by atoms with Crippen molar-refractivity contribution in [2.45, 2.75) is 77.9 Å². The molecular formula is C16H42N2O3Si4. The maximum Gasteiger partial charge on any atom is 0.487 e. The molecule has 0 bridgehead atoms. The third-order valence-corrected chi connectivity index (χ3v) is 16.1. The lowest BCUT2D eigenvalue weighted by molar-refractivity contribution is 0.136. The number of piperazine rings is 1. The van der Waals surface area contributed by atoms with Gasteiger partial charge in [-0.2, -0.15) is 0 Å². The van der Waals surface area contributed by atoms with Crippen molar-refractivity contribution in [2.24, 2.45) is 0 Å². The molecule has 1 N–H and O–H groups in total. The minimum absolute atomic E-state index is 0.264. The van der Waals surface area contributed by atoms with E-state index in [0.29, 0.717) is 0 Å². The third-order valence-electron chi connectivity index (χ3n) is 3.73. The molecule has 0 aliphatic carbocycles. The topological polar surface area (TPSA) is 43.0 Å². The minimum Gasteiger partial charge on any atom is -0.416 e. The maximum atomic E-state index is 6.92. The van der Waals surface area contributed by atoms with Gasteiger partial charge in [0.25, 0.3) is 0 Å². The molecule has 0 aromatic heterocycles. The molecule has 0 radical (unpaired) electrons. The average Bonchev–Trinajstić information content (AvgIpc) is 2.33. The first-order valence-corrected chi connectivity index (χ1v) is 21.8. The zero-order valence-corrected chi connectivity index (χ0v) is 22.3. The summed E-state index contributed by atoms with van der Waals surface area (Å²) >= 11 is 0. The van der Waals surface area contributed by atoms with Crippen LogP contribution >= 0.6 is 0 Å². The van der Waals surface area contributed by atoms with Gasteiger partial charge in [-0.05, 0) is 65.3 Å². The highest BCUT2D eigenvalue weighted by molar-refractivity contribution is 6.90. The lowest BCUT2D eigenvalue weighted by Gasteiger charge is -2.50. The van der Waals surface area contributed by atoms with Crippen molar-refractivity contribution >= 4 is 33.8 Å². The summed E-state index contributed by atoms with van der Waals surface area (Å²) < 4.78 is 20.8. The van der Waals surface area contributed by atoms with Crippen LogP contribution in [0.3, 0.4) is 0 Å². The molecular weight excluding hydrogens is 381 g/mol. The standard InChI is InChI=1S/C16H42N2O3Si4/c1-11-16(18-14-12-17-13-15-18)25(19-22(2,3)4,20-23(5,6)7)21-24(8,9)10/h16-17H,11-15H2,1-10H3. The van der Waals surface area contributed by atoms with Crippen molar-refractivity contribution in [3.05, 3.63) is 0 Å². The number of nitrogens with zero attached hydrogens (tertiary/aromatic N) is 1. The highest BCUT2D eigenvalue weighted by Gasteiger charge is 2.57. The van der Waals surface area contributed by atoms with Crippen molar-refractivity contribution in [3.63, 3.8) is 0 Å². The summed E-state index contributed by atoms with van der Waals surface area (Å²) in [5.41, 5.74) is 0.264. The molecule has 1 aliphatic heterocycles. The number of rotatable bonds is 9. The Kier molecular flexibility index (Phi) is 8.33. The normalized spacial score (nSPS) is 19.9. The SMILES string of the molecule is CCC(N1CCNCC1)[Si](O[Si](C)(C)C)(O[Si](C)(C)C)O[Si](C)(C)C. The first kappa shape index (κ1) is 23.7. The van der Waals surface area contributed by atoms with Crippen molar-refractivity contribution < 1.29 is 12.3 Å². The van der Waals surface area contributed by atoms with E-state index in [2.05, 4.69) is 76.1 Å². The van der Waals surface area contributed by atoms with Gasteiger partial charge in [0.05, 0.1) is 5.67 Å². The number of nitrogens with one attached hydrogen (secondary N) is 1. The van der Waals surface area contributed by atoms with Crippen LogP contribution in [0.25, 0.3) is 0 Å². The fourth-order valence-corrected chi connectivity index (χ4v) is 18.0. The zero-order valence-electron chi connectivity index (χ0n) is 18.3. The van der Waals surface area contributed by atoms with Gasteiger partial charge in [0.15, 0.2) is 25.0 Å². The van der Waals surface area contributed by atoms with Crippen LogP contribution in [-0.2, 0) is 12.3 Å². The molecule has 0 spiro atoms. The summed E-state index contributed by atoms with van der Waals surface area (Å²) in [5, 5.41) is 3.47. The van der Waals surface area contributed by atoms with E-state index in [-0.39, 0.29) is 5.67 Å². The minimum atomic E-state index is -2.84. The van der Waals surface area contributed by atoms with E-state index < -0.39 is 33.8 Å². The molecule has 1 rings (SSSR count). The van der Waals surface area contributed by atoms with E-state index in [4.69, 9.17) is 12.3 Å². The lowest BCUT2D eigenvalue weighted by Crippen LogP contribution is -2.71. The zero-order chi connectivity index (χ0) is 19.5. The Morgan fingerprint density at radius 1 is 0.760 bits per heavy atom. The predicted molar refractivity (Wildman–Crippen MR) is 118 cm³/mol. The summed E-state index contributed by atoms with van der Waals surface area (Å²) in [4.78, 5) is 2.57. The van der Waals surface area contributed by atoms with Gasteiger partial charge in [-0.1, -0.05) is 6.92 Å². The van der Waals surface area contributed by atoms with Crippen LogP contribution in [0.15, 0.2) is 0 Å². The molecule has 1 atom stereocenters. The Morgan fingerprint density at radius 2 is 1.12 bits per heavy atom. The predicted octanol–water partition coefficient (Wildman–Crippen LogP) is 3.70. The van der Waals surface area contributed by atoms with Crippen LogP contribution in [0, 0.1) is 0 Å². The Hall–Kier alpha value is 0.668. The van der Waals surface area contributed by atoms with Gasteiger partial charge in [0.2, 0.25) is 0 Å². The highest BCUT2D eigenvalue weighted by atomic mass is 28.5. The quantitative estimate of drug-likeness (QED) is 0.574. The first-order valence-electron chi connectivity index (χ1n) is 9.73. The van der Waals surface area contributed by atoms with E-state index in [9.17, 15) is 0 Å². The largest absolute Gasteiger partial charge is 0.487 e. The fourth-order valence-electron chi connectivity index (χ4n) is 3.27. The lowest BCUT2D eigenvalue weighted by atomic mass is 10.3. The van der Waals surface area contributed by atoms with Crippen LogP contribution in [0.4, 0.5) is 0 Å².